The van der Waals surface area contributed by atoms with Gasteiger partial charge in [-0.25, -0.2) is 0 Å². The summed E-state index contributed by atoms with van der Waals surface area (Å²) in [6.45, 7) is 0. The molecule has 0 aliphatic carbocycles. The Bertz CT molecular complexity index is 2260. The van der Waals surface area contributed by atoms with Crippen LogP contribution in [0.5, 0.6) is 0 Å². The van der Waals surface area contributed by atoms with Crippen molar-refractivity contribution in [2.45, 2.75) is 0 Å². The van der Waals surface area contributed by atoms with Crippen molar-refractivity contribution in [3.05, 3.63) is 255 Å². The van der Waals surface area contributed by atoms with Crippen molar-refractivity contribution in [1.29, 1.82) is 0 Å². The normalized spacial score (nSPS) is 11.2. The van der Waals surface area contributed by atoms with Crippen LogP contribution in [0.4, 0.5) is 0 Å². The molecule has 0 saturated heterocycles. The van der Waals surface area contributed by atoms with Gasteiger partial charge >= 0.3 is 355 Å². The standard InChI is InChI=1S/3C18H14P.Ga/c3*1-4-10-16(11-5-1)19(17-12-6-2-7-13-17)18-14-8-3-9-15-18;/h3*1-14H;. The van der Waals surface area contributed by atoms with E-state index in [-0.39, 0.29) is 0 Å². The van der Waals surface area contributed by atoms with E-state index >= 15 is 0 Å². The summed E-state index contributed by atoms with van der Waals surface area (Å²) in [5.41, 5.74) is 0. The van der Waals surface area contributed by atoms with Crippen LogP contribution in [0, 0.1) is 0 Å². The third-order valence-electron chi connectivity index (χ3n) is 10.6. The summed E-state index contributed by atoms with van der Waals surface area (Å²) >= 11 is -3.07. The van der Waals surface area contributed by atoms with Gasteiger partial charge in [-0.3, -0.25) is 0 Å². The Hall–Kier alpha value is -5.09. The Morgan fingerprint density at radius 1 is 0.190 bits per heavy atom. The van der Waals surface area contributed by atoms with Crippen LogP contribution >= 0.6 is 23.8 Å². The number of rotatable bonds is 12. The summed E-state index contributed by atoms with van der Waals surface area (Å²) in [5, 5.41) is 12.7. The fourth-order valence-electron chi connectivity index (χ4n) is 8.05. The van der Waals surface area contributed by atoms with E-state index in [2.05, 4.69) is 255 Å². The zero-order valence-corrected chi connectivity index (χ0v) is 37.3. The van der Waals surface area contributed by atoms with E-state index in [1.807, 2.05) is 0 Å². The van der Waals surface area contributed by atoms with Crippen LogP contribution in [-0.2, 0) is 0 Å². The van der Waals surface area contributed by atoms with Gasteiger partial charge in [-0.15, -0.1) is 0 Å². The second-order valence-corrected chi connectivity index (χ2v) is 26.4. The zero-order chi connectivity index (χ0) is 38.9. The van der Waals surface area contributed by atoms with Crippen LogP contribution in [0.1, 0.15) is 0 Å². The second kappa shape index (κ2) is 18.7. The van der Waals surface area contributed by atoms with E-state index in [4.69, 9.17) is 0 Å². The molecule has 0 aliphatic rings. The molecule has 0 atom stereocenters. The van der Waals surface area contributed by atoms with Crippen molar-refractivity contribution in [3.63, 3.8) is 0 Å². The summed E-state index contributed by atoms with van der Waals surface area (Å²) in [6.07, 6.45) is 0. The van der Waals surface area contributed by atoms with Gasteiger partial charge in [0.2, 0.25) is 0 Å². The van der Waals surface area contributed by atoms with Crippen molar-refractivity contribution in [2.75, 3.05) is 0 Å². The van der Waals surface area contributed by atoms with Gasteiger partial charge in [0.05, 0.1) is 0 Å². The molecule has 0 bridgehead atoms. The number of hydrogen-bond donors (Lipinski definition) is 0. The quantitative estimate of drug-likeness (QED) is 0.0885. The molecule has 9 aromatic rings. The fourth-order valence-corrected chi connectivity index (χ4v) is 26.1. The van der Waals surface area contributed by atoms with Crippen molar-refractivity contribution in [2.24, 2.45) is 0 Å². The van der Waals surface area contributed by atoms with Crippen LogP contribution in [0.3, 0.4) is 0 Å². The van der Waals surface area contributed by atoms with Crippen LogP contribution in [0.25, 0.3) is 0 Å². The van der Waals surface area contributed by atoms with Crippen LogP contribution in [0.15, 0.2) is 255 Å². The maximum atomic E-state index is 2.51. The topological polar surface area (TPSA) is 0 Å². The third kappa shape index (κ3) is 8.26. The second-order valence-electron chi connectivity index (χ2n) is 14.1. The molecule has 0 radical (unpaired) electrons. The van der Waals surface area contributed by atoms with E-state index in [1.165, 1.54) is 47.7 Å². The SMILES string of the molecule is c1ccc(P(c2ccccc2)c2cccc[c]2[Ga]([c]2ccccc2P(c2ccccc2)c2ccccc2)[c]2ccccc2P(c2ccccc2)c2ccccc2)cc1. The Balaban J connectivity index is 1.36. The first-order chi connectivity index (χ1) is 28.8. The van der Waals surface area contributed by atoms with Gasteiger partial charge in [0.15, 0.2) is 0 Å². The average Bonchev–Trinajstić information content (AvgIpc) is 3.30. The van der Waals surface area contributed by atoms with Crippen LogP contribution in [-0.4, -0.2) is 16.2 Å². The minimum atomic E-state index is -3.07. The van der Waals surface area contributed by atoms with Gasteiger partial charge in [0, 0.05) is 0 Å². The molecule has 0 saturated carbocycles. The molecule has 9 aromatic carbocycles. The van der Waals surface area contributed by atoms with Crippen molar-refractivity contribution >= 4 is 100 Å². The molecule has 9 rings (SSSR count). The molecule has 0 aromatic heterocycles. The van der Waals surface area contributed by atoms with Gasteiger partial charge in [-0.05, 0) is 0 Å². The number of hydrogen-bond acceptors (Lipinski definition) is 0. The Labute approximate surface area is 352 Å². The molecule has 4 heteroatoms. The van der Waals surface area contributed by atoms with E-state index in [1.54, 1.807) is 12.4 Å². The first-order valence-electron chi connectivity index (χ1n) is 19.8. The Morgan fingerprint density at radius 2 is 0.362 bits per heavy atom. The van der Waals surface area contributed by atoms with Gasteiger partial charge in [0.1, 0.15) is 0 Å². The fraction of sp³-hybridized carbons (Fsp3) is 0. The molecule has 58 heavy (non-hydrogen) atoms. The van der Waals surface area contributed by atoms with Gasteiger partial charge in [-0.1, -0.05) is 0 Å². The summed E-state index contributed by atoms with van der Waals surface area (Å²) < 4.78 is 4.63. The molecular formula is C54H42GaP3. The Morgan fingerprint density at radius 3 is 0.569 bits per heavy atom. The molecule has 0 spiro atoms. The predicted octanol–water partition coefficient (Wildman–Crippen LogP) is 7.48. The molecule has 0 unspecified atom stereocenters. The summed E-state index contributed by atoms with van der Waals surface area (Å²) in [5.74, 6) is 0. The van der Waals surface area contributed by atoms with Gasteiger partial charge < -0.3 is 0 Å². The molecular weight excluding hydrogens is 811 g/mol. The monoisotopic (exact) mass is 852 g/mol. The van der Waals surface area contributed by atoms with Crippen molar-refractivity contribution in [3.8, 4) is 0 Å². The van der Waals surface area contributed by atoms with Crippen LogP contribution < -0.4 is 60.1 Å². The molecule has 0 amide bonds. The minimum absolute atomic E-state index is 0.848. The molecule has 0 fully saturated rings. The van der Waals surface area contributed by atoms with E-state index in [0.717, 1.165) is 0 Å². The van der Waals surface area contributed by atoms with E-state index in [0.29, 0.717) is 0 Å². The third-order valence-corrected chi connectivity index (χ3v) is 26.7. The zero-order valence-electron chi connectivity index (χ0n) is 32.2. The summed E-state index contributed by atoms with van der Waals surface area (Å²) in [4.78, 5) is 0. The molecule has 0 heterocycles. The number of benzene rings is 9. The van der Waals surface area contributed by atoms with E-state index in [9.17, 15) is 0 Å². The average molecular weight is 854 g/mol. The Kier molecular flexibility index (Phi) is 12.4. The molecule has 0 N–H and O–H groups in total. The van der Waals surface area contributed by atoms with Crippen LogP contribution in [0.2, 0.25) is 0 Å². The summed E-state index contributed by atoms with van der Waals surface area (Å²) in [6, 6.07) is 96.1. The van der Waals surface area contributed by atoms with Gasteiger partial charge in [0.25, 0.3) is 0 Å². The maximum absolute atomic E-state index is 3.07. The van der Waals surface area contributed by atoms with Crippen molar-refractivity contribution in [1.82, 2.24) is 0 Å². The first-order valence-corrected chi connectivity index (χ1v) is 27.5. The predicted molar refractivity (Wildman–Crippen MR) is 260 cm³/mol. The molecule has 276 valence electrons. The van der Waals surface area contributed by atoms with E-state index < -0.39 is 40.0 Å². The first kappa shape index (κ1) is 38.4. The summed E-state index contributed by atoms with van der Waals surface area (Å²) in [7, 11) is -2.54. The molecule has 0 aliphatic heterocycles. The molecule has 0 nitrogen and oxygen atoms in total. The van der Waals surface area contributed by atoms with Crippen molar-refractivity contribution < 1.29 is 0 Å². The van der Waals surface area contributed by atoms with Gasteiger partial charge in [-0.2, -0.15) is 0 Å².